The number of hydrogen-bond acceptors (Lipinski definition) is 9. The van der Waals surface area contributed by atoms with E-state index in [9.17, 15) is 40.2 Å². The number of aryl methyl sites for hydroxylation is 1. The molecule has 0 aromatic heterocycles. The lowest BCUT2D eigenvalue weighted by atomic mass is 9.72. The van der Waals surface area contributed by atoms with Crippen molar-refractivity contribution in [3.63, 3.8) is 0 Å². The van der Waals surface area contributed by atoms with Gasteiger partial charge in [-0.05, 0) is 96.6 Å². The number of phenols is 1. The van der Waals surface area contributed by atoms with Gasteiger partial charge in [0.1, 0.15) is 35.4 Å². The summed E-state index contributed by atoms with van der Waals surface area (Å²) < 4.78 is 11.8. The molecule has 6 rings (SSSR count). The second-order valence-corrected chi connectivity index (χ2v) is 14.9. The van der Waals surface area contributed by atoms with Gasteiger partial charge in [0.05, 0.1) is 23.1 Å². The molecule has 1 saturated heterocycles. The molecule has 6 N–H and O–H groups in total. The van der Waals surface area contributed by atoms with Gasteiger partial charge in [-0.25, -0.2) is 4.79 Å². The molecule has 4 aromatic carbocycles. The topological polar surface area (TPSA) is 174 Å². The van der Waals surface area contributed by atoms with Crippen LogP contribution in [-0.2, 0) is 11.2 Å². The Morgan fingerprint density at radius 1 is 0.962 bits per heavy atom. The molecule has 10 heteroatoms. The first kappa shape index (κ1) is 37.4. The summed E-state index contributed by atoms with van der Waals surface area (Å²) in [5, 5.41) is 65.7. The van der Waals surface area contributed by atoms with Crippen molar-refractivity contribution in [3.05, 3.63) is 106 Å². The molecule has 52 heavy (non-hydrogen) atoms. The Labute approximate surface area is 303 Å². The summed E-state index contributed by atoms with van der Waals surface area (Å²) >= 11 is 0. The highest BCUT2D eigenvalue weighted by Crippen LogP contribution is 2.45. The zero-order valence-corrected chi connectivity index (χ0v) is 29.7. The average Bonchev–Trinajstić information content (AvgIpc) is 3.12. The molecule has 7 atom stereocenters. The number of carboxylic acid groups (broad SMARTS) is 1. The van der Waals surface area contributed by atoms with E-state index in [-0.39, 0.29) is 58.1 Å². The Morgan fingerprint density at radius 3 is 2.27 bits per heavy atom. The lowest BCUT2D eigenvalue weighted by Crippen LogP contribution is -2.67. The Balaban J connectivity index is 1.32. The van der Waals surface area contributed by atoms with Gasteiger partial charge in [-0.2, -0.15) is 0 Å². The van der Waals surface area contributed by atoms with Crippen LogP contribution >= 0.6 is 0 Å². The molecule has 1 aliphatic carbocycles. The molecule has 2 aliphatic rings. The molecular formula is C42H48O10. The van der Waals surface area contributed by atoms with Crippen LogP contribution in [0.5, 0.6) is 11.5 Å². The lowest BCUT2D eigenvalue weighted by Gasteiger charge is -2.48. The summed E-state index contributed by atoms with van der Waals surface area (Å²) in [7, 11) is 0. The number of carbonyl (C=O) groups is 2. The maximum Gasteiger partial charge on any atom is 0.335 e. The third-order valence-corrected chi connectivity index (χ3v) is 10.9. The summed E-state index contributed by atoms with van der Waals surface area (Å²) in [6.45, 7) is 4.84. The van der Waals surface area contributed by atoms with E-state index < -0.39 is 48.5 Å². The summed E-state index contributed by atoms with van der Waals surface area (Å²) in [5.74, 6) is -1.80. The molecule has 0 bridgehead atoms. The Bertz CT molecular complexity index is 1920. The highest BCUT2D eigenvalue weighted by Gasteiger charge is 2.55. The first-order valence-corrected chi connectivity index (χ1v) is 18.0. The number of aliphatic hydroxyl groups excluding tert-OH is 3. The quantitative estimate of drug-likeness (QED) is 0.0955. The minimum Gasteiger partial charge on any atom is -0.506 e. The monoisotopic (exact) mass is 712 g/mol. The van der Waals surface area contributed by atoms with E-state index in [0.29, 0.717) is 17.9 Å². The number of aromatic carboxylic acids is 1. The number of Topliss-reactive ketones (excluding diaryl/α,β-unsaturated/α-hetero) is 1. The van der Waals surface area contributed by atoms with E-state index in [0.717, 1.165) is 30.9 Å². The van der Waals surface area contributed by atoms with E-state index in [4.69, 9.17) is 9.47 Å². The van der Waals surface area contributed by atoms with E-state index in [1.807, 2.05) is 44.2 Å². The summed E-state index contributed by atoms with van der Waals surface area (Å²) in [6, 6.07) is 22.7. The van der Waals surface area contributed by atoms with Gasteiger partial charge in [0.25, 0.3) is 0 Å². The molecule has 0 spiro atoms. The molecule has 0 unspecified atom stereocenters. The minimum absolute atomic E-state index is 0.0254. The van der Waals surface area contributed by atoms with Gasteiger partial charge in [-0.1, -0.05) is 74.5 Å². The number of carboxylic acids is 1. The number of ketones is 1. The van der Waals surface area contributed by atoms with Crippen molar-refractivity contribution in [2.24, 2.45) is 5.92 Å². The van der Waals surface area contributed by atoms with Crippen LogP contribution in [0.1, 0.15) is 101 Å². The maximum absolute atomic E-state index is 14.2. The molecule has 276 valence electrons. The van der Waals surface area contributed by atoms with Gasteiger partial charge in [0.2, 0.25) is 6.29 Å². The van der Waals surface area contributed by atoms with Crippen molar-refractivity contribution in [1.29, 1.82) is 0 Å². The van der Waals surface area contributed by atoms with Gasteiger partial charge >= 0.3 is 5.97 Å². The molecule has 1 aliphatic heterocycles. The average molecular weight is 713 g/mol. The van der Waals surface area contributed by atoms with E-state index >= 15 is 0 Å². The minimum atomic E-state index is -1.98. The van der Waals surface area contributed by atoms with Crippen molar-refractivity contribution in [1.82, 2.24) is 0 Å². The maximum atomic E-state index is 14.2. The van der Waals surface area contributed by atoms with Crippen molar-refractivity contribution < 1.29 is 49.7 Å². The van der Waals surface area contributed by atoms with Crippen molar-refractivity contribution >= 4 is 22.5 Å². The smallest absolute Gasteiger partial charge is 0.335 e. The van der Waals surface area contributed by atoms with Crippen LogP contribution in [0, 0.1) is 12.8 Å². The normalized spacial score (nSPS) is 25.9. The Kier molecular flexibility index (Phi) is 11.0. The fourth-order valence-corrected chi connectivity index (χ4v) is 8.05. The molecular weight excluding hydrogens is 664 g/mol. The zero-order chi connectivity index (χ0) is 37.3. The van der Waals surface area contributed by atoms with Crippen LogP contribution in [0.3, 0.4) is 0 Å². The van der Waals surface area contributed by atoms with Gasteiger partial charge < -0.3 is 40.1 Å². The molecule has 1 heterocycles. The number of aromatic hydroxyl groups is 1. The highest BCUT2D eigenvalue weighted by atomic mass is 16.7. The molecule has 0 amide bonds. The number of carbonyl (C=O) groups excluding carboxylic acids is 1. The van der Waals surface area contributed by atoms with Gasteiger partial charge in [-0.15, -0.1) is 0 Å². The third-order valence-electron chi connectivity index (χ3n) is 10.9. The summed E-state index contributed by atoms with van der Waals surface area (Å²) in [4.78, 5) is 26.3. The van der Waals surface area contributed by atoms with Gasteiger partial charge in [0.15, 0.2) is 5.78 Å². The number of hydrogen-bond donors (Lipinski definition) is 6. The zero-order valence-electron chi connectivity index (χ0n) is 29.7. The van der Waals surface area contributed by atoms with Crippen molar-refractivity contribution in [3.8, 4) is 11.5 Å². The first-order valence-electron chi connectivity index (χ1n) is 18.0. The van der Waals surface area contributed by atoms with Crippen LogP contribution in [0.15, 0.2) is 72.8 Å². The number of benzene rings is 4. The standard InChI is InChI=1S/C42H48O10/c1-23(2)15-16-42(50)34(22-43)52-41(38(46)39(42)47)51-33-21-29(40(48)49)19-28-17-24(3)35(37(45)36(28)33)32(44)20-27-14-13-26(18-25-9-5-4-6-10-25)30-11-7-8-12-31(27)30/h4-12,17,19,21,23,26-27,34,38-39,41,43,45-47,50H,13-16,18,20,22H2,1-3H3,(H,48,49)/t26-,27-,34+,38+,39+,41+,42+/m0/s1. The van der Waals surface area contributed by atoms with Crippen molar-refractivity contribution in [2.75, 3.05) is 6.61 Å². The number of aliphatic hydroxyl groups is 4. The fourth-order valence-electron chi connectivity index (χ4n) is 8.05. The van der Waals surface area contributed by atoms with Crippen LogP contribution < -0.4 is 4.74 Å². The SMILES string of the molecule is Cc1cc2cc(C(=O)O)cc(O[C@@H]3O[C@H](CO)[C@](O)(CCC(C)C)[C@H](O)[C@H]3O)c2c(O)c1C(=O)C[C@@H]1CC[C@@H](Cc2ccccc2)c2ccccc21. The van der Waals surface area contributed by atoms with Crippen LogP contribution in [0.25, 0.3) is 10.8 Å². The predicted octanol–water partition coefficient (Wildman–Crippen LogP) is 6.01. The molecule has 4 aromatic rings. The molecule has 1 fully saturated rings. The molecule has 10 nitrogen and oxygen atoms in total. The highest BCUT2D eigenvalue weighted by molar-refractivity contribution is 6.09. The predicted molar refractivity (Wildman–Crippen MR) is 195 cm³/mol. The van der Waals surface area contributed by atoms with Crippen LogP contribution in [-0.4, -0.2) is 79.2 Å². The second kappa shape index (κ2) is 15.3. The van der Waals surface area contributed by atoms with E-state index in [1.54, 1.807) is 13.0 Å². The third kappa shape index (κ3) is 7.31. The Hall–Kier alpha value is -4.32. The lowest BCUT2D eigenvalue weighted by molar-refractivity contribution is -0.315. The molecule has 0 saturated carbocycles. The number of phenolic OH excluding ortho intramolecular Hbond substituents is 1. The van der Waals surface area contributed by atoms with Crippen molar-refractivity contribution in [2.45, 2.75) is 101 Å². The largest absolute Gasteiger partial charge is 0.506 e. The molecule has 0 radical (unpaired) electrons. The van der Waals surface area contributed by atoms with Gasteiger partial charge in [-0.3, -0.25) is 4.79 Å². The number of ether oxygens (including phenoxy) is 2. The summed E-state index contributed by atoms with van der Waals surface area (Å²) in [5.41, 5.74) is 1.94. The second-order valence-electron chi connectivity index (χ2n) is 14.9. The van der Waals surface area contributed by atoms with E-state index in [1.165, 1.54) is 17.2 Å². The van der Waals surface area contributed by atoms with Gasteiger partial charge in [0, 0.05) is 6.42 Å². The first-order chi connectivity index (χ1) is 24.8. The fraction of sp³-hybridized carbons (Fsp3) is 0.429. The Morgan fingerprint density at radius 2 is 1.62 bits per heavy atom. The van der Waals surface area contributed by atoms with Crippen LogP contribution in [0.4, 0.5) is 0 Å². The van der Waals surface area contributed by atoms with E-state index in [2.05, 4.69) is 24.3 Å². The van der Waals surface area contributed by atoms with Crippen LogP contribution in [0.2, 0.25) is 0 Å². The number of rotatable bonds is 12. The summed E-state index contributed by atoms with van der Waals surface area (Å²) in [6.07, 6.45) is -3.37. The number of fused-ring (bicyclic) bond motifs is 2.